The predicted molar refractivity (Wildman–Crippen MR) is 58.8 cm³/mol. The zero-order valence-electron chi connectivity index (χ0n) is 9.62. The standard InChI is InChI=1S/C11H7N3O5/c1-13-9-8(12-14(13)19)10(17)6-4(15)2-3-5(16)7(6)11(9)18/h2-3,15-16H,1H3. The number of hydrogen-bond donors (Lipinski definition) is 2. The van der Waals surface area contributed by atoms with Gasteiger partial charge in [0.25, 0.3) is 0 Å². The molecule has 0 fully saturated rings. The Labute approximate surface area is 105 Å². The van der Waals surface area contributed by atoms with E-state index in [9.17, 15) is 25.0 Å². The zero-order valence-corrected chi connectivity index (χ0v) is 9.62. The molecule has 0 saturated carbocycles. The first kappa shape index (κ1) is 11.2. The Morgan fingerprint density at radius 3 is 2.26 bits per heavy atom. The van der Waals surface area contributed by atoms with E-state index in [1.807, 2.05) is 0 Å². The largest absolute Gasteiger partial charge is 0.571 e. The Morgan fingerprint density at radius 1 is 1.16 bits per heavy atom. The van der Waals surface area contributed by atoms with Crippen molar-refractivity contribution in [3.8, 4) is 11.5 Å². The lowest BCUT2D eigenvalue weighted by molar-refractivity contribution is -0.747. The molecule has 0 bridgehead atoms. The molecule has 1 aromatic heterocycles. The van der Waals surface area contributed by atoms with Crippen LogP contribution < -0.4 is 4.96 Å². The molecule has 0 aliphatic heterocycles. The molecule has 0 unspecified atom stereocenters. The summed E-state index contributed by atoms with van der Waals surface area (Å²) in [5.41, 5.74) is -1.21. The highest BCUT2D eigenvalue weighted by Crippen LogP contribution is 2.36. The highest BCUT2D eigenvalue weighted by molar-refractivity contribution is 6.28. The van der Waals surface area contributed by atoms with Crippen LogP contribution in [-0.2, 0) is 7.05 Å². The lowest BCUT2D eigenvalue weighted by atomic mass is 9.88. The van der Waals surface area contributed by atoms with Crippen LogP contribution in [-0.4, -0.2) is 31.6 Å². The van der Waals surface area contributed by atoms with E-state index < -0.39 is 23.1 Å². The van der Waals surface area contributed by atoms with E-state index in [1.54, 1.807) is 0 Å². The minimum atomic E-state index is -0.775. The molecule has 2 aromatic rings. The van der Waals surface area contributed by atoms with Crippen LogP contribution in [0.4, 0.5) is 0 Å². The highest BCUT2D eigenvalue weighted by Gasteiger charge is 2.41. The summed E-state index contributed by atoms with van der Waals surface area (Å²) in [5.74, 6) is -2.39. The number of ketones is 2. The molecule has 1 aliphatic rings. The molecule has 2 N–H and O–H groups in total. The molecule has 1 aliphatic carbocycles. The van der Waals surface area contributed by atoms with Crippen molar-refractivity contribution in [3.63, 3.8) is 0 Å². The maximum Gasteiger partial charge on any atom is 0.224 e. The Morgan fingerprint density at radius 2 is 1.68 bits per heavy atom. The van der Waals surface area contributed by atoms with E-state index in [-0.39, 0.29) is 27.5 Å². The maximum absolute atomic E-state index is 12.2. The average Bonchev–Trinajstić information content (AvgIpc) is 2.66. The van der Waals surface area contributed by atoms with Gasteiger partial charge in [0.2, 0.25) is 17.3 Å². The van der Waals surface area contributed by atoms with E-state index in [0.717, 1.165) is 16.8 Å². The number of benzene rings is 1. The Kier molecular flexibility index (Phi) is 1.95. The molecule has 0 atom stereocenters. The second kappa shape index (κ2) is 3.31. The molecule has 8 heteroatoms. The van der Waals surface area contributed by atoms with E-state index in [1.165, 1.54) is 7.05 Å². The molecule has 0 amide bonds. The van der Waals surface area contributed by atoms with Crippen molar-refractivity contribution in [3.05, 3.63) is 39.9 Å². The number of aromatic hydroxyl groups is 2. The lowest BCUT2D eigenvalue weighted by Gasteiger charge is -2.14. The normalized spacial score (nSPS) is 13.3. The fourth-order valence-electron chi connectivity index (χ4n) is 2.12. The molecular formula is C11H7N3O5. The summed E-state index contributed by atoms with van der Waals surface area (Å²) < 4.78 is 0.863. The fourth-order valence-corrected chi connectivity index (χ4v) is 2.12. The molecule has 1 aromatic carbocycles. The van der Waals surface area contributed by atoms with Gasteiger partial charge in [-0.3, -0.25) is 9.59 Å². The Bertz CT molecular complexity index is 762. The number of carbonyl (C=O) groups is 2. The third-order valence-corrected chi connectivity index (χ3v) is 3.04. The van der Waals surface area contributed by atoms with Crippen molar-refractivity contribution >= 4 is 11.6 Å². The van der Waals surface area contributed by atoms with Crippen LogP contribution in [0.15, 0.2) is 12.1 Å². The van der Waals surface area contributed by atoms with Crippen molar-refractivity contribution in [1.29, 1.82) is 0 Å². The zero-order chi connectivity index (χ0) is 13.9. The lowest BCUT2D eigenvalue weighted by Crippen LogP contribution is -2.39. The first-order valence-electron chi connectivity index (χ1n) is 5.24. The van der Waals surface area contributed by atoms with E-state index in [4.69, 9.17) is 0 Å². The number of carbonyl (C=O) groups excluding carboxylic acids is 2. The molecule has 3 rings (SSSR count). The molecule has 0 radical (unpaired) electrons. The van der Waals surface area contributed by atoms with Gasteiger partial charge in [-0.2, -0.15) is 0 Å². The van der Waals surface area contributed by atoms with Crippen molar-refractivity contribution in [2.75, 3.05) is 0 Å². The summed E-state index contributed by atoms with van der Waals surface area (Å²) in [6.07, 6.45) is 0. The second-order valence-electron chi connectivity index (χ2n) is 4.09. The second-order valence-corrected chi connectivity index (χ2v) is 4.09. The van der Waals surface area contributed by atoms with Gasteiger partial charge in [0, 0.05) is 10.1 Å². The van der Waals surface area contributed by atoms with Gasteiger partial charge in [0.15, 0.2) is 5.69 Å². The fraction of sp³-hybridized carbons (Fsp3) is 0.0909. The number of phenols is 2. The summed E-state index contributed by atoms with van der Waals surface area (Å²) in [5, 5.41) is 34.1. The van der Waals surface area contributed by atoms with Gasteiger partial charge in [-0.1, -0.05) is 0 Å². The average molecular weight is 261 g/mol. The summed E-state index contributed by atoms with van der Waals surface area (Å²) in [6.45, 7) is 0. The monoisotopic (exact) mass is 261 g/mol. The van der Waals surface area contributed by atoms with Crippen molar-refractivity contribution in [1.82, 2.24) is 9.78 Å². The highest BCUT2D eigenvalue weighted by atomic mass is 16.5. The third kappa shape index (κ3) is 1.22. The first-order valence-corrected chi connectivity index (χ1v) is 5.24. The number of aromatic nitrogens is 3. The van der Waals surface area contributed by atoms with Gasteiger partial charge in [-0.25, -0.2) is 0 Å². The van der Waals surface area contributed by atoms with Crippen LogP contribution in [0.2, 0.25) is 0 Å². The summed E-state index contributed by atoms with van der Waals surface area (Å²) in [7, 11) is 1.27. The Hall–Kier alpha value is -2.90. The van der Waals surface area contributed by atoms with Crippen LogP contribution in [0.25, 0.3) is 0 Å². The predicted octanol–water partition coefficient (Wildman–Crippen LogP) is -0.760. The quantitative estimate of drug-likeness (QED) is 0.312. The number of fused-ring (bicyclic) bond motifs is 2. The van der Waals surface area contributed by atoms with Gasteiger partial charge >= 0.3 is 0 Å². The Balaban J connectivity index is 2.43. The van der Waals surface area contributed by atoms with E-state index >= 15 is 0 Å². The van der Waals surface area contributed by atoms with Gasteiger partial charge in [0.1, 0.15) is 11.5 Å². The number of rotatable bonds is 0. The number of hydrogen-bond acceptors (Lipinski definition) is 6. The molecule has 96 valence electrons. The number of phenolic OH excluding ortho intramolecular Hbond substituents is 2. The SMILES string of the molecule is Cn1c2c(n[n+]1[O-])C(=O)c1c(O)ccc(O)c1C2=O. The van der Waals surface area contributed by atoms with Gasteiger partial charge in [-0.05, 0) is 12.1 Å². The van der Waals surface area contributed by atoms with Crippen LogP contribution in [0.1, 0.15) is 32.1 Å². The summed E-state index contributed by atoms with van der Waals surface area (Å²) in [4.78, 5) is 24.5. The van der Waals surface area contributed by atoms with Crippen LogP contribution in [0.5, 0.6) is 11.5 Å². The molecule has 0 spiro atoms. The molecule has 19 heavy (non-hydrogen) atoms. The van der Waals surface area contributed by atoms with Crippen LogP contribution in [0, 0.1) is 5.21 Å². The third-order valence-electron chi connectivity index (χ3n) is 3.04. The van der Waals surface area contributed by atoms with E-state index in [2.05, 4.69) is 5.10 Å². The van der Waals surface area contributed by atoms with Crippen molar-refractivity contribution in [2.24, 2.45) is 7.05 Å². The van der Waals surface area contributed by atoms with Crippen LogP contribution >= 0.6 is 0 Å². The van der Waals surface area contributed by atoms with E-state index in [0.29, 0.717) is 0 Å². The maximum atomic E-state index is 12.2. The van der Waals surface area contributed by atoms with Gasteiger partial charge in [0.05, 0.1) is 18.2 Å². The minimum absolute atomic E-state index is 0.0977. The number of nitrogens with zero attached hydrogens (tertiary/aromatic N) is 3. The molecule has 8 nitrogen and oxygen atoms in total. The van der Waals surface area contributed by atoms with Crippen molar-refractivity contribution < 1.29 is 24.8 Å². The summed E-state index contributed by atoms with van der Waals surface area (Å²) >= 11 is 0. The minimum Gasteiger partial charge on any atom is -0.571 e. The molecular weight excluding hydrogens is 254 g/mol. The summed E-state index contributed by atoms with van der Waals surface area (Å²) in [6, 6.07) is 2.20. The first-order chi connectivity index (χ1) is 8.93. The topological polar surface area (TPSA) is 119 Å². The molecule has 0 saturated heterocycles. The smallest absolute Gasteiger partial charge is 0.224 e. The molecule has 1 heterocycles. The van der Waals surface area contributed by atoms with Gasteiger partial charge in [-0.15, -0.1) is 4.68 Å². The van der Waals surface area contributed by atoms with Crippen LogP contribution in [0.3, 0.4) is 0 Å². The van der Waals surface area contributed by atoms with Crippen molar-refractivity contribution in [2.45, 2.75) is 0 Å². The van der Waals surface area contributed by atoms with Gasteiger partial charge < -0.3 is 15.4 Å².